The zero-order valence-electron chi connectivity index (χ0n) is 15.4. The fourth-order valence-electron chi connectivity index (χ4n) is 4.90. The molecule has 1 aromatic carbocycles. The van der Waals surface area contributed by atoms with Crippen molar-refractivity contribution < 1.29 is 4.39 Å². The molecule has 2 fully saturated rings. The molecule has 0 heterocycles. The largest absolute Gasteiger partial charge is 0.207 e. The maximum absolute atomic E-state index is 14.6. The quantitative estimate of drug-likeness (QED) is 0.483. The maximum Gasteiger partial charge on any atom is 0.126 e. The Hall–Kier alpha value is -0.850. The molecule has 2 aliphatic carbocycles. The summed E-state index contributed by atoms with van der Waals surface area (Å²) in [5.74, 6) is 2.23. The van der Waals surface area contributed by atoms with E-state index >= 15 is 0 Å². The Morgan fingerprint density at radius 1 is 1.00 bits per heavy atom. The lowest BCUT2D eigenvalue weighted by molar-refractivity contribution is 0.223. The van der Waals surface area contributed by atoms with Gasteiger partial charge in [-0.05, 0) is 92.7 Å². The molecule has 24 heavy (non-hydrogen) atoms. The molecule has 3 rings (SSSR count). The van der Waals surface area contributed by atoms with Gasteiger partial charge in [-0.15, -0.1) is 0 Å². The molecule has 1 heteroatoms. The topological polar surface area (TPSA) is 0 Å². The average Bonchev–Trinajstić information content (AvgIpc) is 2.63. The summed E-state index contributed by atoms with van der Waals surface area (Å²) in [5.41, 5.74) is 2.16. The van der Waals surface area contributed by atoms with Gasteiger partial charge >= 0.3 is 0 Å². The normalized spacial score (nSPS) is 25.8. The van der Waals surface area contributed by atoms with Gasteiger partial charge in [0.1, 0.15) is 5.82 Å². The van der Waals surface area contributed by atoms with E-state index in [0.717, 1.165) is 23.8 Å². The predicted molar refractivity (Wildman–Crippen MR) is 101 cm³/mol. The molecule has 133 valence electrons. The summed E-state index contributed by atoms with van der Waals surface area (Å²) in [7, 11) is 0. The summed E-state index contributed by atoms with van der Waals surface area (Å²) in [6.07, 6.45) is 17.7. The molecule has 0 saturated heterocycles. The summed E-state index contributed by atoms with van der Waals surface area (Å²) in [4.78, 5) is 0. The van der Waals surface area contributed by atoms with E-state index < -0.39 is 0 Å². The molecule has 0 bridgehead atoms. The second kappa shape index (κ2) is 9.02. The Morgan fingerprint density at radius 3 is 2.50 bits per heavy atom. The Bertz CT molecular complexity index is 493. The first kappa shape index (κ1) is 18.0. The first-order valence-corrected chi connectivity index (χ1v) is 10.4. The van der Waals surface area contributed by atoms with Gasteiger partial charge in [-0.25, -0.2) is 4.39 Å². The molecule has 0 amide bonds. The summed E-state index contributed by atoms with van der Waals surface area (Å²) in [6, 6.07) is 6.08. The van der Waals surface area contributed by atoms with Crippen molar-refractivity contribution in [3.63, 3.8) is 0 Å². The van der Waals surface area contributed by atoms with Crippen molar-refractivity contribution in [1.82, 2.24) is 0 Å². The highest BCUT2D eigenvalue weighted by molar-refractivity contribution is 5.28. The number of benzene rings is 1. The number of hydrogen-bond donors (Lipinski definition) is 0. The number of halogens is 1. The van der Waals surface area contributed by atoms with Crippen molar-refractivity contribution in [2.45, 2.75) is 89.9 Å². The van der Waals surface area contributed by atoms with Crippen molar-refractivity contribution in [2.24, 2.45) is 11.8 Å². The van der Waals surface area contributed by atoms with Crippen molar-refractivity contribution in [1.29, 1.82) is 0 Å². The van der Waals surface area contributed by atoms with Crippen LogP contribution in [-0.2, 0) is 6.42 Å². The zero-order valence-corrected chi connectivity index (χ0v) is 15.4. The lowest BCUT2D eigenvalue weighted by Gasteiger charge is -2.36. The van der Waals surface area contributed by atoms with Crippen LogP contribution in [0.25, 0.3) is 0 Å². The molecule has 1 unspecified atom stereocenters. The molecule has 0 nitrogen and oxygen atoms in total. The molecule has 2 aliphatic rings. The minimum Gasteiger partial charge on any atom is -0.207 e. The lowest BCUT2D eigenvalue weighted by atomic mass is 9.70. The summed E-state index contributed by atoms with van der Waals surface area (Å²) >= 11 is 0. The number of rotatable bonds is 6. The van der Waals surface area contributed by atoms with Gasteiger partial charge in [0.05, 0.1) is 0 Å². The van der Waals surface area contributed by atoms with E-state index in [2.05, 4.69) is 25.5 Å². The second-order valence-electron chi connectivity index (χ2n) is 8.11. The Kier molecular flexibility index (Phi) is 6.75. The SMILES string of the molecule is CCCCCc1ccc(C2CCC(C3[CH]CCCC3)CC2)c(F)c1. The smallest absolute Gasteiger partial charge is 0.126 e. The third-order valence-electron chi connectivity index (χ3n) is 6.41. The molecule has 1 radical (unpaired) electrons. The second-order valence-corrected chi connectivity index (χ2v) is 8.11. The molecule has 0 spiro atoms. The third-order valence-corrected chi connectivity index (χ3v) is 6.41. The standard InChI is InChI=1S/C23H34F/c1-2-3-5-8-18-11-16-22(23(24)17-18)21-14-12-20(13-15-21)19-9-6-4-7-10-19/h9,11,16-17,19-21H,2-8,10,12-15H2,1H3. The van der Waals surface area contributed by atoms with Gasteiger partial charge in [-0.3, -0.25) is 0 Å². The summed E-state index contributed by atoms with van der Waals surface area (Å²) in [5, 5.41) is 0. The van der Waals surface area contributed by atoms with Crippen molar-refractivity contribution >= 4 is 0 Å². The molecule has 1 aromatic rings. The van der Waals surface area contributed by atoms with Gasteiger partial charge in [0.2, 0.25) is 0 Å². The average molecular weight is 330 g/mol. The maximum atomic E-state index is 14.6. The van der Waals surface area contributed by atoms with Crippen LogP contribution in [0.1, 0.15) is 94.6 Å². The van der Waals surface area contributed by atoms with Gasteiger partial charge in [0.25, 0.3) is 0 Å². The fraction of sp³-hybridized carbons (Fsp3) is 0.696. The monoisotopic (exact) mass is 329 g/mol. The molecular weight excluding hydrogens is 295 g/mol. The van der Waals surface area contributed by atoms with Gasteiger partial charge in [0.15, 0.2) is 0 Å². The van der Waals surface area contributed by atoms with Crippen LogP contribution in [0.3, 0.4) is 0 Å². The van der Waals surface area contributed by atoms with Gasteiger partial charge in [-0.2, -0.15) is 0 Å². The Morgan fingerprint density at radius 2 is 1.83 bits per heavy atom. The van der Waals surface area contributed by atoms with Gasteiger partial charge in [-0.1, -0.05) is 44.7 Å². The van der Waals surface area contributed by atoms with Crippen LogP contribution in [0.4, 0.5) is 4.39 Å². The van der Waals surface area contributed by atoms with E-state index in [0.29, 0.717) is 5.92 Å². The van der Waals surface area contributed by atoms with Crippen LogP contribution in [0.15, 0.2) is 18.2 Å². The van der Waals surface area contributed by atoms with E-state index in [1.807, 2.05) is 6.07 Å². The molecule has 1 atom stereocenters. The van der Waals surface area contributed by atoms with E-state index in [1.54, 1.807) is 0 Å². The fourth-order valence-corrected chi connectivity index (χ4v) is 4.90. The minimum absolute atomic E-state index is 0.0525. The van der Waals surface area contributed by atoms with E-state index in [4.69, 9.17) is 0 Å². The van der Waals surface area contributed by atoms with Crippen molar-refractivity contribution in [3.05, 3.63) is 41.6 Å². The number of hydrogen-bond acceptors (Lipinski definition) is 0. The van der Waals surface area contributed by atoms with Crippen LogP contribution >= 0.6 is 0 Å². The first-order valence-electron chi connectivity index (χ1n) is 10.4. The molecular formula is C23H34F. The highest BCUT2D eigenvalue weighted by Gasteiger charge is 2.30. The van der Waals surface area contributed by atoms with Crippen molar-refractivity contribution in [2.75, 3.05) is 0 Å². The molecule has 2 saturated carbocycles. The van der Waals surface area contributed by atoms with Crippen LogP contribution < -0.4 is 0 Å². The van der Waals surface area contributed by atoms with Crippen LogP contribution in [0.2, 0.25) is 0 Å². The van der Waals surface area contributed by atoms with E-state index in [9.17, 15) is 4.39 Å². The molecule has 0 aromatic heterocycles. The van der Waals surface area contributed by atoms with E-state index in [1.165, 1.54) is 76.2 Å². The third kappa shape index (κ3) is 4.61. The Balaban J connectivity index is 1.53. The molecule has 0 N–H and O–H groups in total. The minimum atomic E-state index is 0.0525. The zero-order chi connectivity index (χ0) is 16.8. The van der Waals surface area contributed by atoms with Gasteiger partial charge in [0, 0.05) is 0 Å². The van der Waals surface area contributed by atoms with E-state index in [-0.39, 0.29) is 5.82 Å². The predicted octanol–water partition coefficient (Wildman–Crippen LogP) is 7.23. The van der Waals surface area contributed by atoms with Crippen LogP contribution in [0.5, 0.6) is 0 Å². The number of aryl methyl sites for hydroxylation is 1. The first-order chi connectivity index (χ1) is 11.8. The highest BCUT2D eigenvalue weighted by Crippen LogP contribution is 2.43. The van der Waals surface area contributed by atoms with Crippen molar-refractivity contribution in [3.8, 4) is 0 Å². The summed E-state index contributed by atoms with van der Waals surface area (Å²) < 4.78 is 14.6. The van der Waals surface area contributed by atoms with Gasteiger partial charge < -0.3 is 0 Å². The lowest BCUT2D eigenvalue weighted by Crippen LogP contribution is -2.23. The molecule has 0 aliphatic heterocycles. The summed E-state index contributed by atoms with van der Waals surface area (Å²) in [6.45, 7) is 2.21. The Labute approximate surface area is 148 Å². The van der Waals surface area contributed by atoms with Crippen LogP contribution in [0, 0.1) is 24.1 Å². The highest BCUT2D eigenvalue weighted by atomic mass is 19.1. The number of unbranched alkanes of at least 4 members (excludes halogenated alkanes) is 2. The van der Waals surface area contributed by atoms with Crippen LogP contribution in [-0.4, -0.2) is 0 Å².